The molecule has 0 atom stereocenters. The number of hydrogen-bond acceptors (Lipinski definition) is 3. The molecule has 0 saturated heterocycles. The van der Waals surface area contributed by atoms with Crippen LogP contribution in [0.4, 0.5) is 0 Å². The van der Waals surface area contributed by atoms with Gasteiger partial charge >= 0.3 is 5.97 Å². The lowest BCUT2D eigenvalue weighted by atomic mass is 9.71. The molecule has 0 aliphatic heterocycles. The first kappa shape index (κ1) is 13.7. The van der Waals surface area contributed by atoms with Crippen molar-refractivity contribution < 1.29 is 14.3 Å². The maximum atomic E-state index is 11.2. The highest BCUT2D eigenvalue weighted by Gasteiger charge is 2.44. The van der Waals surface area contributed by atoms with Crippen molar-refractivity contribution in [1.82, 2.24) is 0 Å². The Kier molecular flexibility index (Phi) is 3.85. The maximum Gasteiger partial charge on any atom is 0.308 e. The van der Waals surface area contributed by atoms with Gasteiger partial charge in [-0.3, -0.25) is 4.79 Å². The van der Waals surface area contributed by atoms with Gasteiger partial charge in [-0.05, 0) is 43.3 Å². The van der Waals surface area contributed by atoms with Gasteiger partial charge in [0.15, 0.2) is 8.32 Å². The van der Waals surface area contributed by atoms with E-state index in [1.54, 1.807) is 0 Å². The van der Waals surface area contributed by atoms with Crippen LogP contribution in [0, 0.1) is 11.8 Å². The SMILES string of the molecule is COC(=O)[C@H]1C[C@@H](CC(C)(C)[Si](C)(C)O)C1. The van der Waals surface area contributed by atoms with Crippen molar-refractivity contribution in [2.45, 2.75) is 51.2 Å². The molecule has 1 rings (SSSR count). The molecule has 0 aromatic rings. The summed E-state index contributed by atoms with van der Waals surface area (Å²) < 4.78 is 4.72. The predicted octanol–water partition coefficient (Wildman–Crippen LogP) is 2.55. The summed E-state index contributed by atoms with van der Waals surface area (Å²) in [5.41, 5.74) is 0. The highest BCUT2D eigenvalue weighted by molar-refractivity contribution is 6.72. The summed E-state index contributed by atoms with van der Waals surface area (Å²) in [5, 5.41) is 0.0265. The van der Waals surface area contributed by atoms with E-state index in [4.69, 9.17) is 4.74 Å². The lowest BCUT2D eigenvalue weighted by Gasteiger charge is -2.42. The van der Waals surface area contributed by atoms with Crippen LogP contribution >= 0.6 is 0 Å². The molecule has 94 valence electrons. The first-order valence-corrected chi connectivity index (χ1v) is 8.92. The molecule has 0 heterocycles. The molecular formula is C12H24O3Si. The van der Waals surface area contributed by atoms with Gasteiger partial charge in [-0.25, -0.2) is 0 Å². The van der Waals surface area contributed by atoms with E-state index in [1.807, 2.05) is 13.1 Å². The molecule has 0 bridgehead atoms. The number of esters is 1. The number of carbonyl (C=O) groups is 1. The standard InChI is InChI=1S/C12H24O3Si/c1-12(2,16(4,5)14)8-9-6-10(7-9)11(13)15-3/h9-10,14H,6-8H2,1-5H3/t9-,10+. The van der Waals surface area contributed by atoms with E-state index >= 15 is 0 Å². The molecule has 1 aliphatic rings. The molecule has 0 aromatic carbocycles. The summed E-state index contributed by atoms with van der Waals surface area (Å²) in [4.78, 5) is 21.4. The van der Waals surface area contributed by atoms with Crippen molar-refractivity contribution in [3.05, 3.63) is 0 Å². The van der Waals surface area contributed by atoms with Crippen LogP contribution in [0.25, 0.3) is 0 Å². The third-order valence-electron chi connectivity index (χ3n) is 4.23. The first-order valence-electron chi connectivity index (χ1n) is 5.97. The van der Waals surface area contributed by atoms with Crippen molar-refractivity contribution in [1.29, 1.82) is 0 Å². The van der Waals surface area contributed by atoms with Gasteiger partial charge in [-0.2, -0.15) is 0 Å². The number of rotatable bonds is 4. The van der Waals surface area contributed by atoms with Gasteiger partial charge in [0, 0.05) is 0 Å². The Morgan fingerprint density at radius 3 is 2.31 bits per heavy atom. The third-order valence-corrected chi connectivity index (χ3v) is 7.74. The largest absolute Gasteiger partial charge is 0.469 e. The van der Waals surface area contributed by atoms with Crippen LogP contribution in [0.3, 0.4) is 0 Å². The van der Waals surface area contributed by atoms with Crippen LogP contribution in [0.5, 0.6) is 0 Å². The molecule has 0 spiro atoms. The summed E-state index contributed by atoms with van der Waals surface area (Å²) >= 11 is 0. The van der Waals surface area contributed by atoms with Crippen LogP contribution in [-0.2, 0) is 9.53 Å². The second-order valence-electron chi connectivity index (χ2n) is 6.20. The van der Waals surface area contributed by atoms with Gasteiger partial charge < -0.3 is 9.53 Å². The Morgan fingerprint density at radius 2 is 1.94 bits per heavy atom. The fourth-order valence-electron chi connectivity index (χ4n) is 2.23. The molecule has 0 radical (unpaired) electrons. The minimum absolute atomic E-state index is 0.0265. The van der Waals surface area contributed by atoms with Crippen LogP contribution in [0.2, 0.25) is 18.1 Å². The summed E-state index contributed by atoms with van der Waals surface area (Å²) in [6.45, 7) is 8.27. The Hall–Kier alpha value is -0.353. The number of ether oxygens (including phenoxy) is 1. The van der Waals surface area contributed by atoms with E-state index in [1.165, 1.54) is 7.11 Å². The van der Waals surface area contributed by atoms with Gasteiger partial charge in [0.25, 0.3) is 0 Å². The van der Waals surface area contributed by atoms with Crippen molar-refractivity contribution in [3.63, 3.8) is 0 Å². The number of hydrogen-bond donors (Lipinski definition) is 1. The number of methoxy groups -OCH3 is 1. The van der Waals surface area contributed by atoms with Crippen molar-refractivity contribution in [2.24, 2.45) is 11.8 Å². The monoisotopic (exact) mass is 244 g/mol. The molecule has 3 nitrogen and oxygen atoms in total. The van der Waals surface area contributed by atoms with Gasteiger partial charge in [-0.15, -0.1) is 0 Å². The lowest BCUT2D eigenvalue weighted by Crippen LogP contribution is -2.42. The zero-order valence-electron chi connectivity index (χ0n) is 11.0. The maximum absolute atomic E-state index is 11.2. The molecular weight excluding hydrogens is 220 g/mol. The predicted molar refractivity (Wildman–Crippen MR) is 66.6 cm³/mol. The highest BCUT2D eigenvalue weighted by atomic mass is 28.4. The van der Waals surface area contributed by atoms with Crippen LogP contribution in [0.15, 0.2) is 0 Å². The molecule has 1 fully saturated rings. The van der Waals surface area contributed by atoms with E-state index in [9.17, 15) is 9.59 Å². The third kappa shape index (κ3) is 2.86. The van der Waals surface area contributed by atoms with Crippen LogP contribution < -0.4 is 0 Å². The molecule has 1 aliphatic carbocycles. The zero-order valence-corrected chi connectivity index (χ0v) is 12.0. The fraction of sp³-hybridized carbons (Fsp3) is 0.917. The van der Waals surface area contributed by atoms with E-state index in [-0.39, 0.29) is 16.9 Å². The minimum Gasteiger partial charge on any atom is -0.469 e. The average Bonchev–Trinajstić information content (AvgIpc) is 2.07. The lowest BCUT2D eigenvalue weighted by molar-refractivity contribution is -0.150. The molecule has 0 aromatic heterocycles. The average molecular weight is 244 g/mol. The van der Waals surface area contributed by atoms with Crippen molar-refractivity contribution in [2.75, 3.05) is 7.11 Å². The fourth-order valence-corrected chi connectivity index (χ4v) is 3.02. The minimum atomic E-state index is -2.10. The van der Waals surface area contributed by atoms with E-state index in [2.05, 4.69) is 13.8 Å². The summed E-state index contributed by atoms with van der Waals surface area (Å²) in [6, 6.07) is 0. The van der Waals surface area contributed by atoms with Crippen LogP contribution in [0.1, 0.15) is 33.1 Å². The molecule has 16 heavy (non-hydrogen) atoms. The Balaban J connectivity index is 2.40. The van der Waals surface area contributed by atoms with Gasteiger partial charge in [0.1, 0.15) is 0 Å². The van der Waals surface area contributed by atoms with Gasteiger partial charge in [0.05, 0.1) is 13.0 Å². The van der Waals surface area contributed by atoms with Gasteiger partial charge in [-0.1, -0.05) is 13.8 Å². The summed E-state index contributed by atoms with van der Waals surface area (Å²) in [6.07, 6.45) is 2.89. The number of carbonyl (C=O) groups excluding carboxylic acids is 1. The van der Waals surface area contributed by atoms with E-state index in [0.717, 1.165) is 19.3 Å². The molecule has 1 N–H and O–H groups in total. The molecule has 4 heteroatoms. The summed E-state index contributed by atoms with van der Waals surface area (Å²) in [5.74, 6) is 0.613. The van der Waals surface area contributed by atoms with Crippen LogP contribution in [-0.4, -0.2) is 26.2 Å². The van der Waals surface area contributed by atoms with E-state index in [0.29, 0.717) is 5.92 Å². The normalized spacial score (nSPS) is 26.1. The molecule has 0 unspecified atom stereocenters. The Labute approximate surface area is 99.3 Å². The highest BCUT2D eigenvalue weighted by Crippen LogP contribution is 2.48. The Bertz CT molecular complexity index is 262. The smallest absolute Gasteiger partial charge is 0.308 e. The Morgan fingerprint density at radius 1 is 1.44 bits per heavy atom. The summed E-state index contributed by atoms with van der Waals surface area (Å²) in [7, 11) is -0.656. The second-order valence-corrected chi connectivity index (χ2v) is 10.7. The first-order chi connectivity index (χ1) is 7.17. The van der Waals surface area contributed by atoms with E-state index < -0.39 is 8.32 Å². The molecule has 1 saturated carbocycles. The molecule has 0 amide bonds. The zero-order chi connectivity index (χ0) is 12.6. The van der Waals surface area contributed by atoms with Gasteiger partial charge in [0.2, 0.25) is 0 Å². The van der Waals surface area contributed by atoms with Crippen molar-refractivity contribution >= 4 is 14.3 Å². The second kappa shape index (κ2) is 4.49. The quantitative estimate of drug-likeness (QED) is 0.610. The van der Waals surface area contributed by atoms with Crippen molar-refractivity contribution in [3.8, 4) is 0 Å². The topological polar surface area (TPSA) is 46.5 Å².